The van der Waals surface area contributed by atoms with Crippen LogP contribution >= 0.6 is 0 Å². The molecule has 1 saturated carbocycles. The lowest BCUT2D eigenvalue weighted by atomic mass is 9.89. The number of carbonyl (C=O) groups is 1. The predicted octanol–water partition coefficient (Wildman–Crippen LogP) is 3.34. The van der Waals surface area contributed by atoms with Gasteiger partial charge in [-0.25, -0.2) is 0 Å². The monoisotopic (exact) mass is 392 g/mol. The van der Waals surface area contributed by atoms with Crippen molar-refractivity contribution in [2.75, 3.05) is 7.11 Å². The molecule has 156 valence electrons. The molecule has 6 heteroatoms. The Morgan fingerprint density at radius 2 is 2.18 bits per heavy atom. The molecule has 1 aliphatic rings. The summed E-state index contributed by atoms with van der Waals surface area (Å²) >= 11 is 0. The molecule has 0 spiro atoms. The van der Waals surface area contributed by atoms with Crippen LogP contribution in [0.1, 0.15) is 44.3 Å². The summed E-state index contributed by atoms with van der Waals surface area (Å²) in [6.07, 6.45) is 12.4. The second-order valence-corrected chi connectivity index (χ2v) is 7.38. The van der Waals surface area contributed by atoms with Gasteiger partial charge in [0.15, 0.2) is 0 Å². The SMILES string of the molecule is COC(/C=C/C1C(O)CC(O)C1C/C=C/CCCC(=O)O)CCc1ccco1. The summed E-state index contributed by atoms with van der Waals surface area (Å²) in [6, 6.07) is 3.80. The molecule has 6 nitrogen and oxygen atoms in total. The van der Waals surface area contributed by atoms with Crippen LogP contribution in [0.25, 0.3) is 0 Å². The van der Waals surface area contributed by atoms with Crippen molar-refractivity contribution in [1.82, 2.24) is 0 Å². The maximum absolute atomic E-state index is 10.5. The average molecular weight is 392 g/mol. The Morgan fingerprint density at radius 1 is 1.36 bits per heavy atom. The topological polar surface area (TPSA) is 100 Å². The lowest BCUT2D eigenvalue weighted by Crippen LogP contribution is -2.20. The highest BCUT2D eigenvalue weighted by Gasteiger charge is 2.39. The van der Waals surface area contributed by atoms with Gasteiger partial charge in [0.2, 0.25) is 0 Å². The third-order valence-corrected chi connectivity index (χ3v) is 5.36. The molecule has 2 rings (SSSR count). The van der Waals surface area contributed by atoms with Crippen LogP contribution in [-0.4, -0.2) is 46.7 Å². The van der Waals surface area contributed by atoms with Gasteiger partial charge < -0.3 is 24.5 Å². The number of aliphatic hydroxyl groups is 2. The van der Waals surface area contributed by atoms with Crippen molar-refractivity contribution in [3.05, 3.63) is 48.5 Å². The van der Waals surface area contributed by atoms with Gasteiger partial charge in [-0.3, -0.25) is 4.79 Å². The molecular weight excluding hydrogens is 360 g/mol. The van der Waals surface area contributed by atoms with Crippen LogP contribution < -0.4 is 0 Å². The number of aliphatic hydroxyl groups excluding tert-OH is 2. The summed E-state index contributed by atoms with van der Waals surface area (Å²) in [5.74, 6) is -0.0464. The number of furan rings is 1. The first kappa shape index (κ1) is 22.4. The Balaban J connectivity index is 1.85. The predicted molar refractivity (Wildman–Crippen MR) is 106 cm³/mol. The fourth-order valence-corrected chi connectivity index (χ4v) is 3.73. The summed E-state index contributed by atoms with van der Waals surface area (Å²) in [4.78, 5) is 10.5. The van der Waals surface area contributed by atoms with Crippen LogP contribution in [0.2, 0.25) is 0 Å². The maximum atomic E-state index is 10.5. The quantitative estimate of drug-likeness (QED) is 0.373. The normalized spacial score (nSPS) is 26.4. The minimum Gasteiger partial charge on any atom is -0.481 e. The van der Waals surface area contributed by atoms with Gasteiger partial charge in [-0.1, -0.05) is 24.3 Å². The summed E-state index contributed by atoms with van der Waals surface area (Å²) in [7, 11) is 1.66. The molecular formula is C22H32O6. The van der Waals surface area contributed by atoms with Crippen LogP contribution in [0.15, 0.2) is 47.1 Å². The van der Waals surface area contributed by atoms with E-state index in [9.17, 15) is 15.0 Å². The second kappa shape index (κ2) is 11.8. The Bertz CT molecular complexity index is 621. The Labute approximate surface area is 166 Å². The second-order valence-electron chi connectivity index (χ2n) is 7.38. The number of hydrogen-bond acceptors (Lipinski definition) is 5. The number of methoxy groups -OCH3 is 1. The van der Waals surface area contributed by atoms with E-state index in [1.54, 1.807) is 13.4 Å². The van der Waals surface area contributed by atoms with E-state index in [0.717, 1.165) is 18.6 Å². The van der Waals surface area contributed by atoms with Crippen molar-refractivity contribution in [3.8, 4) is 0 Å². The standard InChI is InChI=1S/C22H32O6/c1-27-16(10-11-17-7-6-14-28-17)12-13-19-18(20(23)15-21(19)24)8-4-2-3-5-9-22(25)26/h2,4,6-7,12-14,16,18-21,23-24H,3,5,8-11,15H2,1H3,(H,25,26)/b4-2+,13-12+. The largest absolute Gasteiger partial charge is 0.481 e. The molecule has 0 saturated heterocycles. The number of ether oxygens (including phenoxy) is 1. The third kappa shape index (κ3) is 7.26. The Hall–Kier alpha value is -1.89. The van der Waals surface area contributed by atoms with Gasteiger partial charge in [0.25, 0.3) is 0 Å². The lowest BCUT2D eigenvalue weighted by Gasteiger charge is -2.20. The van der Waals surface area contributed by atoms with Crippen molar-refractivity contribution in [1.29, 1.82) is 0 Å². The van der Waals surface area contributed by atoms with E-state index in [-0.39, 0.29) is 24.4 Å². The molecule has 3 N–H and O–H groups in total. The van der Waals surface area contributed by atoms with Gasteiger partial charge >= 0.3 is 5.97 Å². The van der Waals surface area contributed by atoms with E-state index in [1.807, 2.05) is 36.4 Å². The van der Waals surface area contributed by atoms with Crippen LogP contribution in [0, 0.1) is 11.8 Å². The first-order valence-electron chi connectivity index (χ1n) is 9.97. The van der Waals surface area contributed by atoms with Gasteiger partial charge in [0.05, 0.1) is 24.6 Å². The van der Waals surface area contributed by atoms with Crippen molar-refractivity contribution in [2.45, 2.75) is 63.3 Å². The van der Waals surface area contributed by atoms with Gasteiger partial charge in [0.1, 0.15) is 5.76 Å². The number of aryl methyl sites for hydroxylation is 1. The number of carboxylic acids is 1. The molecule has 1 aliphatic carbocycles. The van der Waals surface area contributed by atoms with Crippen molar-refractivity contribution in [2.24, 2.45) is 11.8 Å². The fourth-order valence-electron chi connectivity index (χ4n) is 3.73. The smallest absolute Gasteiger partial charge is 0.303 e. The highest BCUT2D eigenvalue weighted by molar-refractivity contribution is 5.66. The number of unbranched alkanes of at least 4 members (excludes halogenated alkanes) is 1. The minimum atomic E-state index is -0.785. The minimum absolute atomic E-state index is 0.0513. The van der Waals surface area contributed by atoms with Crippen molar-refractivity contribution in [3.63, 3.8) is 0 Å². The zero-order chi connectivity index (χ0) is 20.4. The van der Waals surface area contributed by atoms with Gasteiger partial charge in [-0.05, 0) is 43.7 Å². The highest BCUT2D eigenvalue weighted by Crippen LogP contribution is 2.36. The first-order valence-corrected chi connectivity index (χ1v) is 9.97. The summed E-state index contributed by atoms with van der Waals surface area (Å²) in [6.45, 7) is 0. The molecule has 5 atom stereocenters. The molecule has 1 aromatic heterocycles. The number of carboxylic acid groups (broad SMARTS) is 1. The zero-order valence-electron chi connectivity index (χ0n) is 16.4. The Kier molecular flexibility index (Phi) is 9.47. The Morgan fingerprint density at radius 3 is 2.86 bits per heavy atom. The maximum Gasteiger partial charge on any atom is 0.303 e. The summed E-state index contributed by atoms with van der Waals surface area (Å²) in [5.41, 5.74) is 0. The van der Waals surface area contributed by atoms with E-state index in [2.05, 4.69) is 0 Å². The number of allylic oxidation sites excluding steroid dienone is 2. The van der Waals surface area contributed by atoms with Crippen LogP contribution in [0.5, 0.6) is 0 Å². The summed E-state index contributed by atoms with van der Waals surface area (Å²) in [5, 5.41) is 29.3. The lowest BCUT2D eigenvalue weighted by molar-refractivity contribution is -0.137. The number of rotatable bonds is 12. The van der Waals surface area contributed by atoms with Gasteiger partial charge in [0, 0.05) is 32.3 Å². The zero-order valence-corrected chi connectivity index (χ0v) is 16.4. The molecule has 1 fully saturated rings. The molecule has 5 unspecified atom stereocenters. The molecule has 0 aliphatic heterocycles. The van der Waals surface area contributed by atoms with E-state index in [1.165, 1.54) is 0 Å². The fraction of sp³-hybridized carbons (Fsp3) is 0.591. The first-order chi connectivity index (χ1) is 13.5. The van der Waals surface area contributed by atoms with Gasteiger partial charge in [-0.15, -0.1) is 0 Å². The van der Waals surface area contributed by atoms with E-state index in [4.69, 9.17) is 14.3 Å². The van der Waals surface area contributed by atoms with Crippen LogP contribution in [0.4, 0.5) is 0 Å². The van der Waals surface area contributed by atoms with Crippen LogP contribution in [0.3, 0.4) is 0 Å². The molecule has 28 heavy (non-hydrogen) atoms. The molecule has 1 aromatic rings. The molecule has 0 radical (unpaired) electrons. The van der Waals surface area contributed by atoms with E-state index < -0.39 is 18.2 Å². The van der Waals surface area contributed by atoms with E-state index >= 15 is 0 Å². The van der Waals surface area contributed by atoms with Crippen LogP contribution in [-0.2, 0) is 16.0 Å². The highest BCUT2D eigenvalue weighted by atomic mass is 16.5. The molecule has 1 heterocycles. The van der Waals surface area contributed by atoms with E-state index in [0.29, 0.717) is 25.7 Å². The summed E-state index contributed by atoms with van der Waals surface area (Å²) < 4.78 is 10.9. The molecule has 0 aromatic carbocycles. The molecule has 0 bridgehead atoms. The average Bonchev–Trinajstić information content (AvgIpc) is 3.26. The number of hydrogen-bond donors (Lipinski definition) is 3. The molecule has 0 amide bonds. The number of aliphatic carboxylic acids is 1. The third-order valence-electron chi connectivity index (χ3n) is 5.36. The van der Waals surface area contributed by atoms with Crippen molar-refractivity contribution >= 4 is 5.97 Å². The van der Waals surface area contributed by atoms with Crippen molar-refractivity contribution < 1.29 is 29.3 Å². The van der Waals surface area contributed by atoms with Gasteiger partial charge in [-0.2, -0.15) is 0 Å².